The number of aryl methyl sites for hydroxylation is 1. The quantitative estimate of drug-likeness (QED) is 0.815. The Morgan fingerprint density at radius 1 is 1.53 bits per heavy atom. The van der Waals surface area contributed by atoms with Crippen molar-refractivity contribution in [1.29, 1.82) is 0 Å². The number of hydrogen-bond donors (Lipinski definition) is 2. The number of nitrogens with zero attached hydrogens (tertiary/aromatic N) is 2. The Bertz CT molecular complexity index is 355. The summed E-state index contributed by atoms with van der Waals surface area (Å²) < 4.78 is 2.01. The van der Waals surface area contributed by atoms with Crippen LogP contribution in [0.15, 0.2) is 12.3 Å². The van der Waals surface area contributed by atoms with Crippen LogP contribution in [0, 0.1) is 5.41 Å². The van der Waals surface area contributed by atoms with E-state index in [1.807, 2.05) is 10.9 Å². The number of aromatic nitrogens is 2. The van der Waals surface area contributed by atoms with Gasteiger partial charge in [0.2, 0.25) is 0 Å². The van der Waals surface area contributed by atoms with Crippen molar-refractivity contribution in [2.45, 2.75) is 45.1 Å². The van der Waals surface area contributed by atoms with Gasteiger partial charge in [0.15, 0.2) is 0 Å². The number of aliphatic hydroxyl groups is 1. The van der Waals surface area contributed by atoms with Crippen LogP contribution in [-0.2, 0) is 6.54 Å². The number of nitrogens with two attached hydrogens (primary N) is 1. The predicted octanol–water partition coefficient (Wildman–Crippen LogP) is 1.50. The minimum absolute atomic E-state index is 0.0122. The molecule has 0 aliphatic heterocycles. The van der Waals surface area contributed by atoms with E-state index in [4.69, 9.17) is 5.73 Å². The van der Waals surface area contributed by atoms with Crippen molar-refractivity contribution in [3.63, 3.8) is 0 Å². The highest BCUT2D eigenvalue weighted by Gasteiger charge is 2.42. The van der Waals surface area contributed by atoms with Gasteiger partial charge in [0, 0.05) is 42.9 Å². The van der Waals surface area contributed by atoms with Gasteiger partial charge < -0.3 is 10.8 Å². The Hall–Kier alpha value is -0.870. The molecule has 2 rings (SSSR count). The summed E-state index contributed by atoms with van der Waals surface area (Å²) >= 11 is 0. The second-order valence-electron chi connectivity index (χ2n) is 5.09. The molecular weight excluding hydrogens is 214 g/mol. The lowest BCUT2D eigenvalue weighted by Gasteiger charge is -2.35. The largest absolute Gasteiger partial charge is 0.396 e. The molecule has 0 spiro atoms. The van der Waals surface area contributed by atoms with Crippen LogP contribution in [0.5, 0.6) is 0 Å². The van der Waals surface area contributed by atoms with Crippen LogP contribution < -0.4 is 5.73 Å². The molecule has 17 heavy (non-hydrogen) atoms. The van der Waals surface area contributed by atoms with E-state index in [2.05, 4.69) is 18.1 Å². The maximum Gasteiger partial charge on any atom is 0.0494 e. The van der Waals surface area contributed by atoms with Crippen molar-refractivity contribution in [3.05, 3.63) is 18.0 Å². The third-order valence-electron chi connectivity index (χ3n) is 4.30. The van der Waals surface area contributed by atoms with E-state index in [0.29, 0.717) is 6.54 Å². The first-order valence-corrected chi connectivity index (χ1v) is 6.60. The molecule has 3 N–H and O–H groups in total. The molecule has 4 nitrogen and oxygen atoms in total. The molecule has 1 aromatic heterocycles. The molecule has 4 heteroatoms. The summed E-state index contributed by atoms with van der Waals surface area (Å²) in [4.78, 5) is 0. The first-order valence-electron chi connectivity index (χ1n) is 6.60. The van der Waals surface area contributed by atoms with Gasteiger partial charge in [-0.15, -0.1) is 0 Å². The van der Waals surface area contributed by atoms with E-state index in [0.717, 1.165) is 19.4 Å². The summed E-state index contributed by atoms with van der Waals surface area (Å²) in [5, 5.41) is 14.1. The summed E-state index contributed by atoms with van der Waals surface area (Å²) in [5.74, 6) is 0.234. The molecule has 0 bridgehead atoms. The van der Waals surface area contributed by atoms with Crippen molar-refractivity contribution in [1.82, 2.24) is 9.78 Å². The third-order valence-corrected chi connectivity index (χ3v) is 4.30. The molecule has 1 saturated carbocycles. The highest BCUT2D eigenvalue weighted by Crippen LogP contribution is 2.48. The molecule has 1 aliphatic rings. The monoisotopic (exact) mass is 237 g/mol. The fourth-order valence-corrected chi connectivity index (χ4v) is 3.28. The van der Waals surface area contributed by atoms with E-state index in [9.17, 15) is 5.11 Å². The summed E-state index contributed by atoms with van der Waals surface area (Å²) in [6, 6.07) is 2.05. The van der Waals surface area contributed by atoms with Crippen molar-refractivity contribution in [3.8, 4) is 0 Å². The molecule has 1 fully saturated rings. The van der Waals surface area contributed by atoms with Crippen LogP contribution >= 0.6 is 0 Å². The fourth-order valence-electron chi connectivity index (χ4n) is 3.28. The molecular formula is C13H23N3O. The molecule has 1 aliphatic carbocycles. The van der Waals surface area contributed by atoms with Gasteiger partial charge in [-0.1, -0.05) is 12.8 Å². The van der Waals surface area contributed by atoms with Crippen LogP contribution in [0.25, 0.3) is 0 Å². The van der Waals surface area contributed by atoms with Gasteiger partial charge >= 0.3 is 0 Å². The maximum atomic E-state index is 9.80. The molecule has 0 aromatic carbocycles. The second kappa shape index (κ2) is 5.19. The smallest absolute Gasteiger partial charge is 0.0494 e. The van der Waals surface area contributed by atoms with E-state index in [1.165, 1.54) is 18.5 Å². The number of hydrogen-bond acceptors (Lipinski definition) is 3. The van der Waals surface area contributed by atoms with E-state index < -0.39 is 0 Å². The molecule has 1 aromatic rings. The molecule has 0 radical (unpaired) electrons. The zero-order chi connectivity index (χ0) is 12.3. The lowest BCUT2D eigenvalue weighted by Crippen LogP contribution is -2.36. The molecule has 0 unspecified atom stereocenters. The average molecular weight is 237 g/mol. The Kier molecular flexibility index (Phi) is 3.84. The van der Waals surface area contributed by atoms with Crippen LogP contribution in [0.4, 0.5) is 0 Å². The summed E-state index contributed by atoms with van der Waals surface area (Å²) in [6.07, 6.45) is 6.41. The van der Waals surface area contributed by atoms with Crippen LogP contribution in [0.2, 0.25) is 0 Å². The van der Waals surface area contributed by atoms with Gasteiger partial charge in [-0.2, -0.15) is 5.10 Å². The molecule has 0 amide bonds. The zero-order valence-corrected chi connectivity index (χ0v) is 10.6. The predicted molar refractivity (Wildman–Crippen MR) is 67.7 cm³/mol. The lowest BCUT2D eigenvalue weighted by molar-refractivity contribution is 0.0992. The number of rotatable bonds is 5. The van der Waals surface area contributed by atoms with Crippen molar-refractivity contribution < 1.29 is 5.11 Å². The van der Waals surface area contributed by atoms with E-state index in [-0.39, 0.29) is 17.9 Å². The van der Waals surface area contributed by atoms with E-state index >= 15 is 0 Å². The normalized spacial score (nSPS) is 20.6. The third kappa shape index (κ3) is 2.11. The maximum absolute atomic E-state index is 9.80. The first kappa shape index (κ1) is 12.6. The topological polar surface area (TPSA) is 64.1 Å². The summed E-state index contributed by atoms with van der Waals surface area (Å²) in [5.41, 5.74) is 7.15. The van der Waals surface area contributed by atoms with Gasteiger partial charge in [-0.3, -0.25) is 4.68 Å². The van der Waals surface area contributed by atoms with Crippen molar-refractivity contribution in [2.75, 3.05) is 13.2 Å². The minimum Gasteiger partial charge on any atom is -0.396 e. The molecule has 0 saturated heterocycles. The lowest BCUT2D eigenvalue weighted by atomic mass is 9.73. The fraction of sp³-hybridized carbons (Fsp3) is 0.769. The van der Waals surface area contributed by atoms with Crippen molar-refractivity contribution in [2.24, 2.45) is 11.1 Å². The van der Waals surface area contributed by atoms with Crippen LogP contribution in [0.3, 0.4) is 0 Å². The van der Waals surface area contributed by atoms with Crippen molar-refractivity contribution >= 4 is 0 Å². The average Bonchev–Trinajstić information content (AvgIpc) is 2.99. The van der Waals surface area contributed by atoms with Gasteiger partial charge in [0.1, 0.15) is 0 Å². The van der Waals surface area contributed by atoms with Gasteiger partial charge in [0.05, 0.1) is 0 Å². The Morgan fingerprint density at radius 3 is 2.76 bits per heavy atom. The highest BCUT2D eigenvalue weighted by atomic mass is 16.3. The van der Waals surface area contributed by atoms with Crippen LogP contribution in [-0.4, -0.2) is 28.0 Å². The zero-order valence-electron chi connectivity index (χ0n) is 10.6. The van der Waals surface area contributed by atoms with Gasteiger partial charge in [-0.05, 0) is 25.8 Å². The number of aliphatic hydroxyl groups excluding tert-OH is 1. The van der Waals surface area contributed by atoms with Crippen LogP contribution in [0.1, 0.15) is 44.2 Å². The summed E-state index contributed by atoms with van der Waals surface area (Å²) in [7, 11) is 0. The molecule has 1 atom stereocenters. The highest BCUT2D eigenvalue weighted by molar-refractivity contribution is 5.15. The second-order valence-corrected chi connectivity index (χ2v) is 5.09. The van der Waals surface area contributed by atoms with Gasteiger partial charge in [0.25, 0.3) is 0 Å². The SMILES string of the molecule is CCn1nccc1[C@@H](CN)C1(CO)CCCC1. The Labute approximate surface area is 103 Å². The molecule has 96 valence electrons. The Morgan fingerprint density at radius 2 is 2.24 bits per heavy atom. The minimum atomic E-state index is -0.0122. The molecule has 1 heterocycles. The Balaban J connectivity index is 2.32. The van der Waals surface area contributed by atoms with Gasteiger partial charge in [-0.25, -0.2) is 0 Å². The standard InChI is InChI=1S/C13H23N3O/c1-2-16-12(5-8-15-16)11(9-14)13(10-17)6-3-4-7-13/h5,8,11,17H,2-4,6-7,9-10,14H2,1H3/t11-/m1/s1. The first-order chi connectivity index (χ1) is 8.27. The van der Waals surface area contributed by atoms with E-state index in [1.54, 1.807) is 0 Å². The summed E-state index contributed by atoms with van der Waals surface area (Å²) in [6.45, 7) is 3.78.